The van der Waals surface area contributed by atoms with Crippen LogP contribution >= 0.6 is 0 Å². The van der Waals surface area contributed by atoms with Gasteiger partial charge in [0.05, 0.1) is 17.8 Å². The van der Waals surface area contributed by atoms with Crippen molar-refractivity contribution in [1.82, 2.24) is 14.7 Å². The van der Waals surface area contributed by atoms with Crippen LogP contribution in [0.1, 0.15) is 56.5 Å². The molecule has 0 unspecified atom stereocenters. The quantitative estimate of drug-likeness (QED) is 0.808. The molecular formula is C16H23N3O2. The van der Waals surface area contributed by atoms with E-state index in [9.17, 15) is 9.90 Å². The highest BCUT2D eigenvalue weighted by atomic mass is 16.4. The lowest BCUT2D eigenvalue weighted by Crippen LogP contribution is -2.36. The Morgan fingerprint density at radius 3 is 2.57 bits per heavy atom. The molecule has 114 valence electrons. The highest BCUT2D eigenvalue weighted by Gasteiger charge is 2.33. The standard InChI is InChI=1S/C16H23N3O2/c1-16(2,3)19-13-8-9-18(15(20)21)10-12(13)14(17-19)11-6-4-5-7-11/h4-5,11H,6-10H2,1-3H3,(H,20,21). The summed E-state index contributed by atoms with van der Waals surface area (Å²) in [4.78, 5) is 12.8. The first-order chi connectivity index (χ1) is 9.88. The number of nitrogens with zero attached hydrogens (tertiary/aromatic N) is 3. The van der Waals surface area contributed by atoms with Gasteiger partial charge in [-0.3, -0.25) is 4.68 Å². The van der Waals surface area contributed by atoms with E-state index in [4.69, 9.17) is 5.10 Å². The van der Waals surface area contributed by atoms with Crippen LogP contribution in [0.3, 0.4) is 0 Å². The second-order valence-electron chi connectivity index (χ2n) is 6.99. The topological polar surface area (TPSA) is 58.4 Å². The normalized spacial score (nSPS) is 19.1. The molecule has 1 aliphatic heterocycles. The number of aromatic nitrogens is 2. The van der Waals surface area contributed by atoms with Crippen molar-refractivity contribution in [3.63, 3.8) is 0 Å². The number of rotatable bonds is 1. The molecule has 1 aromatic rings. The fraction of sp³-hybridized carbons (Fsp3) is 0.625. The van der Waals surface area contributed by atoms with Gasteiger partial charge < -0.3 is 10.0 Å². The number of fused-ring (bicyclic) bond motifs is 1. The summed E-state index contributed by atoms with van der Waals surface area (Å²) in [6.07, 6.45) is 6.35. The molecule has 21 heavy (non-hydrogen) atoms. The number of carboxylic acid groups (broad SMARTS) is 1. The SMILES string of the molecule is CC(C)(C)n1nc(C2CC=CC2)c2c1CCN(C(=O)O)C2. The summed E-state index contributed by atoms with van der Waals surface area (Å²) in [5, 5.41) is 14.2. The molecule has 0 radical (unpaired) electrons. The fourth-order valence-electron chi connectivity index (χ4n) is 3.33. The van der Waals surface area contributed by atoms with E-state index in [1.54, 1.807) is 0 Å². The summed E-state index contributed by atoms with van der Waals surface area (Å²) in [6.45, 7) is 7.50. The van der Waals surface area contributed by atoms with Gasteiger partial charge in [-0.05, 0) is 33.6 Å². The molecule has 1 aliphatic carbocycles. The lowest BCUT2D eigenvalue weighted by Gasteiger charge is -2.28. The van der Waals surface area contributed by atoms with Gasteiger partial charge in [0.2, 0.25) is 0 Å². The van der Waals surface area contributed by atoms with Crippen LogP contribution in [-0.2, 0) is 18.5 Å². The van der Waals surface area contributed by atoms with Crippen LogP contribution in [0.5, 0.6) is 0 Å². The van der Waals surface area contributed by atoms with E-state index in [-0.39, 0.29) is 5.54 Å². The Bertz CT molecular complexity index is 587. The molecule has 0 saturated heterocycles. The maximum atomic E-state index is 11.3. The van der Waals surface area contributed by atoms with Gasteiger partial charge in [0.1, 0.15) is 0 Å². The van der Waals surface area contributed by atoms with E-state index in [1.807, 2.05) is 0 Å². The predicted octanol–water partition coefficient (Wildman–Crippen LogP) is 3.11. The van der Waals surface area contributed by atoms with Gasteiger partial charge in [0, 0.05) is 30.1 Å². The smallest absolute Gasteiger partial charge is 0.407 e. The summed E-state index contributed by atoms with van der Waals surface area (Å²) in [6, 6.07) is 0. The molecule has 5 heteroatoms. The van der Waals surface area contributed by atoms with E-state index in [2.05, 4.69) is 37.6 Å². The number of hydrogen-bond acceptors (Lipinski definition) is 2. The third kappa shape index (κ3) is 2.45. The van der Waals surface area contributed by atoms with Gasteiger partial charge in [-0.2, -0.15) is 5.10 Å². The molecule has 0 atom stereocenters. The molecule has 3 rings (SSSR count). The largest absolute Gasteiger partial charge is 0.465 e. The molecule has 2 aliphatic rings. The second kappa shape index (κ2) is 4.90. The van der Waals surface area contributed by atoms with Crippen molar-refractivity contribution in [2.24, 2.45) is 0 Å². The van der Waals surface area contributed by atoms with Crippen LogP contribution < -0.4 is 0 Å². The number of allylic oxidation sites excluding steroid dienone is 2. The zero-order valence-corrected chi connectivity index (χ0v) is 13.0. The average molecular weight is 289 g/mol. The van der Waals surface area contributed by atoms with E-state index in [0.717, 1.165) is 30.5 Å². The van der Waals surface area contributed by atoms with Crippen molar-refractivity contribution < 1.29 is 9.90 Å². The third-order valence-electron chi connectivity index (χ3n) is 4.39. The first kappa shape index (κ1) is 14.2. The molecule has 0 spiro atoms. The Morgan fingerprint density at radius 1 is 1.33 bits per heavy atom. The van der Waals surface area contributed by atoms with Gasteiger partial charge in [-0.1, -0.05) is 12.2 Å². The van der Waals surface area contributed by atoms with Crippen molar-refractivity contribution in [1.29, 1.82) is 0 Å². The van der Waals surface area contributed by atoms with Gasteiger partial charge in [-0.15, -0.1) is 0 Å². The molecule has 1 N–H and O–H groups in total. The molecule has 1 aromatic heterocycles. The van der Waals surface area contributed by atoms with Crippen molar-refractivity contribution in [2.45, 2.75) is 58.0 Å². The second-order valence-corrected chi connectivity index (χ2v) is 6.99. The maximum Gasteiger partial charge on any atom is 0.407 e. The minimum Gasteiger partial charge on any atom is -0.465 e. The Morgan fingerprint density at radius 2 is 2.00 bits per heavy atom. The van der Waals surface area contributed by atoms with E-state index in [1.165, 1.54) is 10.6 Å². The molecular weight excluding hydrogens is 266 g/mol. The third-order valence-corrected chi connectivity index (χ3v) is 4.39. The van der Waals surface area contributed by atoms with Crippen molar-refractivity contribution >= 4 is 6.09 Å². The number of carbonyl (C=O) groups is 1. The molecule has 1 amide bonds. The van der Waals surface area contributed by atoms with Gasteiger partial charge >= 0.3 is 6.09 Å². The van der Waals surface area contributed by atoms with Crippen molar-refractivity contribution in [3.05, 3.63) is 29.1 Å². The van der Waals surface area contributed by atoms with E-state index in [0.29, 0.717) is 19.0 Å². The lowest BCUT2D eigenvalue weighted by atomic mass is 9.95. The summed E-state index contributed by atoms with van der Waals surface area (Å²) in [5.41, 5.74) is 3.41. The summed E-state index contributed by atoms with van der Waals surface area (Å²) >= 11 is 0. The van der Waals surface area contributed by atoms with Crippen LogP contribution in [0.4, 0.5) is 4.79 Å². The van der Waals surface area contributed by atoms with Gasteiger partial charge in [-0.25, -0.2) is 4.79 Å². The zero-order chi connectivity index (χ0) is 15.2. The van der Waals surface area contributed by atoms with Crippen molar-refractivity contribution in [3.8, 4) is 0 Å². The predicted molar refractivity (Wildman–Crippen MR) is 80.5 cm³/mol. The highest BCUT2D eigenvalue weighted by Crippen LogP contribution is 2.36. The lowest BCUT2D eigenvalue weighted by molar-refractivity contribution is 0.139. The molecule has 0 bridgehead atoms. The van der Waals surface area contributed by atoms with Crippen LogP contribution in [0.2, 0.25) is 0 Å². The summed E-state index contributed by atoms with van der Waals surface area (Å²) in [5.74, 6) is 0.413. The molecule has 0 saturated carbocycles. The first-order valence-corrected chi connectivity index (χ1v) is 7.62. The summed E-state index contributed by atoms with van der Waals surface area (Å²) in [7, 11) is 0. The van der Waals surface area contributed by atoms with Crippen LogP contribution in [0, 0.1) is 0 Å². The van der Waals surface area contributed by atoms with E-state index >= 15 is 0 Å². The van der Waals surface area contributed by atoms with Crippen LogP contribution in [0.15, 0.2) is 12.2 Å². The van der Waals surface area contributed by atoms with Crippen LogP contribution in [-0.4, -0.2) is 32.4 Å². The summed E-state index contributed by atoms with van der Waals surface area (Å²) < 4.78 is 2.12. The molecule has 5 nitrogen and oxygen atoms in total. The zero-order valence-electron chi connectivity index (χ0n) is 13.0. The molecule has 0 fully saturated rings. The minimum absolute atomic E-state index is 0.0697. The molecule has 2 heterocycles. The number of amides is 1. The maximum absolute atomic E-state index is 11.3. The first-order valence-electron chi connectivity index (χ1n) is 7.62. The Kier molecular flexibility index (Phi) is 3.30. The Balaban J connectivity index is 2.04. The van der Waals surface area contributed by atoms with Gasteiger partial charge in [0.15, 0.2) is 0 Å². The van der Waals surface area contributed by atoms with Crippen LogP contribution in [0.25, 0.3) is 0 Å². The Hall–Kier alpha value is -1.78. The molecule has 0 aromatic carbocycles. The average Bonchev–Trinajstić information content (AvgIpc) is 3.03. The monoisotopic (exact) mass is 289 g/mol. The van der Waals surface area contributed by atoms with E-state index < -0.39 is 6.09 Å². The van der Waals surface area contributed by atoms with Crippen molar-refractivity contribution in [2.75, 3.05) is 6.54 Å². The highest BCUT2D eigenvalue weighted by molar-refractivity contribution is 5.65. The fourth-order valence-corrected chi connectivity index (χ4v) is 3.33. The van der Waals surface area contributed by atoms with Gasteiger partial charge in [0.25, 0.3) is 0 Å². The minimum atomic E-state index is -0.834. The Labute approximate surface area is 125 Å². The number of hydrogen-bond donors (Lipinski definition) is 1.